The van der Waals surface area contributed by atoms with Crippen molar-refractivity contribution in [2.24, 2.45) is 0 Å². The molecule has 4 aromatic carbocycles. The molecule has 1 aliphatic rings. The summed E-state index contributed by atoms with van der Waals surface area (Å²) in [7, 11) is 0. The molecule has 0 saturated carbocycles. The van der Waals surface area contributed by atoms with Gasteiger partial charge in [-0.25, -0.2) is 0 Å². The number of piperazine rings is 1. The number of hydrogen-bond donors (Lipinski definition) is 1. The molecule has 4 aromatic rings. The van der Waals surface area contributed by atoms with E-state index in [0.29, 0.717) is 0 Å². The van der Waals surface area contributed by atoms with Crippen LogP contribution in [0, 0.1) is 0 Å². The first-order chi connectivity index (χ1) is 15.3. The normalized spacial score (nSPS) is 18.8. The second-order valence-electron chi connectivity index (χ2n) is 8.21. The maximum atomic E-state index is 13.1. The van der Waals surface area contributed by atoms with Crippen LogP contribution in [-0.2, 0) is 12.0 Å². The summed E-state index contributed by atoms with van der Waals surface area (Å²) in [6, 6.07) is 35.0. The fourth-order valence-electron chi connectivity index (χ4n) is 4.95. The molecule has 0 spiro atoms. The van der Waals surface area contributed by atoms with Gasteiger partial charge in [-0.15, -0.1) is 0 Å². The molecule has 3 heteroatoms. The quantitative estimate of drug-likeness (QED) is 0.531. The van der Waals surface area contributed by atoms with Gasteiger partial charge in [0, 0.05) is 26.1 Å². The highest BCUT2D eigenvalue weighted by atomic mass is 16.1. The van der Waals surface area contributed by atoms with Gasteiger partial charge in [0.2, 0.25) is 5.43 Å². The van der Waals surface area contributed by atoms with E-state index >= 15 is 0 Å². The molecular weight excluding hydrogens is 380 g/mol. The average molecular weight is 407 g/mol. The van der Waals surface area contributed by atoms with Gasteiger partial charge in [0.1, 0.15) is 0 Å². The molecule has 1 N–H and O–H groups in total. The fourth-order valence-corrected chi connectivity index (χ4v) is 4.95. The van der Waals surface area contributed by atoms with Crippen LogP contribution in [0.15, 0.2) is 108 Å². The van der Waals surface area contributed by atoms with Crippen molar-refractivity contribution in [2.75, 3.05) is 24.5 Å². The monoisotopic (exact) mass is 406 g/mol. The first-order valence-electron chi connectivity index (χ1n) is 10.9. The van der Waals surface area contributed by atoms with Crippen LogP contribution in [0.4, 0.5) is 5.69 Å². The lowest BCUT2D eigenvalue weighted by atomic mass is 9.78. The van der Waals surface area contributed by atoms with Gasteiger partial charge in [-0.1, -0.05) is 91.0 Å². The highest BCUT2D eigenvalue weighted by molar-refractivity contribution is 5.87. The number of anilines is 1. The standard InChI is InChI=1S/C28H26N2O/c31-27-17-6-2-5-16-26(27)30-19-18-29-21-28(30,20-22-10-3-1-4-11-22)25-15-9-13-23-12-7-8-14-24(23)25/h1-17,29H,18-21H2. The van der Waals surface area contributed by atoms with Gasteiger partial charge < -0.3 is 10.2 Å². The Bertz CT molecular complexity index is 1250. The van der Waals surface area contributed by atoms with Gasteiger partial charge in [0.05, 0.1) is 11.2 Å². The van der Waals surface area contributed by atoms with Crippen molar-refractivity contribution in [3.63, 3.8) is 0 Å². The molecule has 1 saturated heterocycles. The molecule has 0 aromatic heterocycles. The Balaban J connectivity index is 1.78. The Morgan fingerprint density at radius 2 is 1.48 bits per heavy atom. The second kappa shape index (κ2) is 8.37. The van der Waals surface area contributed by atoms with Crippen LogP contribution in [0.5, 0.6) is 0 Å². The lowest BCUT2D eigenvalue weighted by molar-refractivity contribution is 0.331. The third-order valence-corrected chi connectivity index (χ3v) is 6.34. The Hall–Kier alpha value is -3.43. The third-order valence-electron chi connectivity index (χ3n) is 6.34. The number of hydrogen-bond acceptors (Lipinski definition) is 3. The predicted molar refractivity (Wildman–Crippen MR) is 129 cm³/mol. The van der Waals surface area contributed by atoms with E-state index in [1.807, 2.05) is 24.3 Å². The Kier molecular flexibility index (Phi) is 5.27. The Morgan fingerprint density at radius 1 is 0.774 bits per heavy atom. The van der Waals surface area contributed by atoms with Crippen molar-refractivity contribution in [1.82, 2.24) is 5.32 Å². The number of rotatable bonds is 4. The van der Waals surface area contributed by atoms with Crippen LogP contribution in [0.25, 0.3) is 10.8 Å². The minimum atomic E-state index is -0.381. The summed E-state index contributed by atoms with van der Waals surface area (Å²) in [6.07, 6.45) is 0.812. The first kappa shape index (κ1) is 19.5. The number of nitrogens with one attached hydrogen (secondary N) is 1. The third kappa shape index (κ3) is 3.62. The summed E-state index contributed by atoms with van der Waals surface area (Å²) < 4.78 is 0. The maximum absolute atomic E-state index is 13.1. The minimum absolute atomic E-state index is 0.0598. The van der Waals surface area contributed by atoms with Gasteiger partial charge in [0.15, 0.2) is 0 Å². The lowest BCUT2D eigenvalue weighted by Gasteiger charge is -2.49. The minimum Gasteiger partial charge on any atom is -0.356 e. The van der Waals surface area contributed by atoms with Crippen molar-refractivity contribution in [1.29, 1.82) is 0 Å². The molecule has 0 aliphatic carbocycles. The maximum Gasteiger partial charge on any atom is 0.201 e. The molecule has 5 rings (SSSR count). The number of benzene rings is 3. The van der Waals surface area contributed by atoms with Crippen LogP contribution in [0.1, 0.15) is 11.1 Å². The average Bonchev–Trinajstić information content (AvgIpc) is 3.04. The molecule has 154 valence electrons. The summed E-state index contributed by atoms with van der Waals surface area (Å²) in [6.45, 7) is 2.39. The smallest absolute Gasteiger partial charge is 0.201 e. The molecular formula is C28H26N2O. The summed E-state index contributed by atoms with van der Waals surface area (Å²) in [5.74, 6) is 0. The summed E-state index contributed by atoms with van der Waals surface area (Å²) in [5, 5.41) is 6.10. The fraction of sp³-hybridized carbons (Fsp3) is 0.179. The summed E-state index contributed by atoms with van der Waals surface area (Å²) in [4.78, 5) is 15.4. The van der Waals surface area contributed by atoms with Crippen LogP contribution in [0.2, 0.25) is 0 Å². The molecule has 31 heavy (non-hydrogen) atoms. The number of nitrogens with zero attached hydrogens (tertiary/aromatic N) is 1. The van der Waals surface area contributed by atoms with Crippen molar-refractivity contribution < 1.29 is 0 Å². The van der Waals surface area contributed by atoms with Crippen LogP contribution in [0.3, 0.4) is 0 Å². The van der Waals surface area contributed by atoms with Crippen molar-refractivity contribution in [3.05, 3.63) is 124 Å². The second-order valence-corrected chi connectivity index (χ2v) is 8.21. The Labute approximate surface area is 183 Å². The van der Waals surface area contributed by atoms with Gasteiger partial charge in [-0.05, 0) is 34.0 Å². The molecule has 1 aliphatic heterocycles. The largest absolute Gasteiger partial charge is 0.356 e. The van der Waals surface area contributed by atoms with Crippen molar-refractivity contribution in [2.45, 2.75) is 12.0 Å². The summed E-state index contributed by atoms with van der Waals surface area (Å²) >= 11 is 0. The first-order valence-corrected chi connectivity index (χ1v) is 10.9. The van der Waals surface area contributed by atoms with E-state index in [9.17, 15) is 4.79 Å². The molecule has 3 nitrogen and oxygen atoms in total. The van der Waals surface area contributed by atoms with Gasteiger partial charge >= 0.3 is 0 Å². The van der Waals surface area contributed by atoms with Gasteiger partial charge in [0.25, 0.3) is 0 Å². The van der Waals surface area contributed by atoms with E-state index in [0.717, 1.165) is 31.7 Å². The Morgan fingerprint density at radius 3 is 2.35 bits per heavy atom. The van der Waals surface area contributed by atoms with Crippen LogP contribution in [-0.4, -0.2) is 19.6 Å². The lowest BCUT2D eigenvalue weighted by Crippen LogP contribution is -2.61. The molecule has 0 bridgehead atoms. The molecule has 1 fully saturated rings. The zero-order valence-electron chi connectivity index (χ0n) is 17.5. The zero-order chi connectivity index (χ0) is 21.1. The predicted octanol–water partition coefficient (Wildman–Crippen LogP) is 4.75. The van der Waals surface area contributed by atoms with Crippen LogP contribution >= 0.6 is 0 Å². The van der Waals surface area contributed by atoms with Gasteiger partial charge in [-0.3, -0.25) is 4.79 Å². The highest BCUT2D eigenvalue weighted by Crippen LogP contribution is 2.39. The molecule has 1 heterocycles. The van der Waals surface area contributed by atoms with E-state index in [4.69, 9.17) is 0 Å². The molecule has 1 atom stereocenters. The topological polar surface area (TPSA) is 32.3 Å². The van der Waals surface area contributed by atoms with Crippen molar-refractivity contribution in [3.8, 4) is 0 Å². The van der Waals surface area contributed by atoms with E-state index < -0.39 is 0 Å². The number of fused-ring (bicyclic) bond motifs is 1. The molecule has 0 amide bonds. The van der Waals surface area contributed by atoms with Crippen LogP contribution < -0.4 is 15.6 Å². The molecule has 0 radical (unpaired) electrons. The van der Waals surface area contributed by atoms with Gasteiger partial charge in [-0.2, -0.15) is 0 Å². The highest BCUT2D eigenvalue weighted by Gasteiger charge is 2.42. The van der Waals surface area contributed by atoms with E-state index in [2.05, 4.69) is 83.0 Å². The van der Waals surface area contributed by atoms with E-state index in [-0.39, 0.29) is 11.0 Å². The molecule has 1 unspecified atom stereocenters. The SMILES string of the molecule is O=c1cccccc1N1CCNCC1(Cc1ccccc1)c1cccc2ccccc12. The van der Waals surface area contributed by atoms with E-state index in [1.165, 1.54) is 21.9 Å². The zero-order valence-corrected chi connectivity index (χ0v) is 17.5. The van der Waals surface area contributed by atoms with E-state index in [1.54, 1.807) is 6.07 Å². The summed E-state index contributed by atoms with van der Waals surface area (Å²) in [5.41, 5.74) is 2.96. The van der Waals surface area contributed by atoms with Crippen molar-refractivity contribution >= 4 is 16.5 Å².